The van der Waals surface area contributed by atoms with Crippen LogP contribution in [0, 0.1) is 12.3 Å². The van der Waals surface area contributed by atoms with Crippen molar-refractivity contribution in [1.29, 1.82) is 0 Å². The van der Waals surface area contributed by atoms with Crippen LogP contribution < -0.4 is 18.9 Å². The van der Waals surface area contributed by atoms with Crippen molar-refractivity contribution >= 4 is 56.5 Å². The minimum atomic E-state index is -0.420. The van der Waals surface area contributed by atoms with E-state index in [0.29, 0.717) is 43.6 Å². The van der Waals surface area contributed by atoms with Crippen LogP contribution in [-0.4, -0.2) is 36.6 Å². The van der Waals surface area contributed by atoms with Crippen LogP contribution in [0.1, 0.15) is 11.1 Å². The van der Waals surface area contributed by atoms with Crippen LogP contribution >= 0.6 is 39.3 Å². The number of methoxy groups -OCH3 is 1. The summed E-state index contributed by atoms with van der Waals surface area (Å²) < 4.78 is 22.1. The van der Waals surface area contributed by atoms with Crippen LogP contribution in [-0.2, 0) is 11.3 Å². The normalized spacial score (nSPS) is 15.9. The average Bonchev–Trinajstić information content (AvgIpc) is 3.31. The first-order valence-corrected chi connectivity index (χ1v) is 11.2. The highest BCUT2D eigenvalue weighted by Gasteiger charge is 2.36. The fourth-order valence-corrected chi connectivity index (χ4v) is 4.74. The summed E-state index contributed by atoms with van der Waals surface area (Å²) in [5.41, 5.74) is 1.23. The van der Waals surface area contributed by atoms with Gasteiger partial charge in [-0.3, -0.25) is 14.5 Å². The van der Waals surface area contributed by atoms with Crippen molar-refractivity contribution in [2.24, 2.45) is 0 Å². The number of thioether (sulfide) groups is 1. The molecule has 0 bridgehead atoms. The predicted octanol–water partition coefficient (Wildman–Crippen LogP) is 5.09. The molecular formula is C22H15BrClNO6S. The monoisotopic (exact) mass is 535 g/mol. The molecular weight excluding hydrogens is 522 g/mol. The van der Waals surface area contributed by atoms with Gasteiger partial charge in [0.15, 0.2) is 23.0 Å². The Hall–Kier alpha value is -2.80. The van der Waals surface area contributed by atoms with Crippen molar-refractivity contribution in [3.8, 4) is 35.3 Å². The molecule has 0 saturated carbocycles. The highest BCUT2D eigenvalue weighted by molar-refractivity contribution is 9.10. The fourth-order valence-electron chi connectivity index (χ4n) is 3.12. The lowest BCUT2D eigenvalue weighted by molar-refractivity contribution is -0.123. The number of terminal acetylenes is 1. The molecule has 2 aliphatic heterocycles. The van der Waals surface area contributed by atoms with E-state index < -0.39 is 11.1 Å². The Labute approximate surface area is 201 Å². The average molecular weight is 537 g/mol. The number of fused-ring (bicyclic) bond motifs is 1. The van der Waals surface area contributed by atoms with E-state index in [1.54, 1.807) is 30.3 Å². The number of nitrogens with zero attached hydrogens (tertiary/aromatic N) is 1. The highest BCUT2D eigenvalue weighted by atomic mass is 79.9. The van der Waals surface area contributed by atoms with E-state index in [1.165, 1.54) is 7.11 Å². The van der Waals surface area contributed by atoms with Crippen LogP contribution in [0.25, 0.3) is 6.08 Å². The molecule has 0 spiro atoms. The first kappa shape index (κ1) is 22.4. The minimum Gasteiger partial charge on any atom is -0.493 e. The smallest absolute Gasteiger partial charge is 0.293 e. The lowest BCUT2D eigenvalue weighted by Gasteiger charge is -2.14. The van der Waals surface area contributed by atoms with E-state index in [4.69, 9.17) is 37.0 Å². The summed E-state index contributed by atoms with van der Waals surface area (Å²) in [6.07, 6.45) is 6.87. The van der Waals surface area contributed by atoms with Crippen LogP contribution in [0.3, 0.4) is 0 Å². The van der Waals surface area contributed by atoms with E-state index in [-0.39, 0.29) is 24.8 Å². The van der Waals surface area contributed by atoms with Gasteiger partial charge in [0.25, 0.3) is 11.1 Å². The summed E-state index contributed by atoms with van der Waals surface area (Å²) >= 11 is 10.6. The summed E-state index contributed by atoms with van der Waals surface area (Å²) in [4.78, 5) is 26.9. The lowest BCUT2D eigenvalue weighted by atomic mass is 10.1. The van der Waals surface area contributed by atoms with Gasteiger partial charge >= 0.3 is 0 Å². The largest absolute Gasteiger partial charge is 0.493 e. The van der Waals surface area contributed by atoms with E-state index >= 15 is 0 Å². The van der Waals surface area contributed by atoms with Crippen LogP contribution in [0.2, 0.25) is 5.02 Å². The maximum Gasteiger partial charge on any atom is 0.293 e. The molecule has 1 fully saturated rings. The van der Waals surface area contributed by atoms with Gasteiger partial charge in [-0.1, -0.05) is 17.5 Å². The zero-order chi connectivity index (χ0) is 22.8. The van der Waals surface area contributed by atoms with Crippen molar-refractivity contribution in [3.63, 3.8) is 0 Å². The summed E-state index contributed by atoms with van der Waals surface area (Å²) in [5, 5.41) is -0.0107. The van der Waals surface area contributed by atoms with Crippen molar-refractivity contribution in [2.45, 2.75) is 6.54 Å². The van der Waals surface area contributed by atoms with Crippen LogP contribution in [0.4, 0.5) is 4.79 Å². The second kappa shape index (κ2) is 9.36. The number of halogens is 2. The van der Waals surface area contributed by atoms with Gasteiger partial charge in [-0.15, -0.1) is 6.42 Å². The molecule has 0 atom stereocenters. The summed E-state index contributed by atoms with van der Waals surface area (Å²) in [7, 11) is 1.50. The van der Waals surface area contributed by atoms with Gasteiger partial charge in [0, 0.05) is 11.1 Å². The second-order valence-electron chi connectivity index (χ2n) is 6.59. The maximum atomic E-state index is 12.9. The summed E-state index contributed by atoms with van der Waals surface area (Å²) in [6.45, 7) is 0.198. The molecule has 2 aliphatic rings. The third-order valence-corrected chi connectivity index (χ3v) is 6.44. The second-order valence-corrected chi connectivity index (χ2v) is 8.85. The summed E-state index contributed by atoms with van der Waals surface area (Å²) in [5.74, 6) is 3.92. The zero-order valence-electron chi connectivity index (χ0n) is 16.6. The van der Waals surface area contributed by atoms with E-state index in [0.717, 1.165) is 16.7 Å². The van der Waals surface area contributed by atoms with Gasteiger partial charge in [-0.05, 0) is 63.1 Å². The standard InChI is InChI=1S/C22H15BrClNO6S/c1-3-4-29-20-14(23)5-12(6-18(20)28-2)7-19-21(26)25(22(27)32-19)10-13-8-16-17(9-15(13)24)31-11-30-16/h1,5-9H,4,10-11H2,2H3. The number of imide groups is 1. The third-order valence-electron chi connectivity index (χ3n) is 4.59. The van der Waals surface area contributed by atoms with Crippen molar-refractivity contribution in [3.05, 3.63) is 49.8 Å². The minimum absolute atomic E-state index is 0.0172. The van der Waals surface area contributed by atoms with E-state index in [1.807, 2.05) is 0 Å². The Bertz CT molecular complexity index is 1190. The highest BCUT2D eigenvalue weighted by Crippen LogP contribution is 2.41. The molecule has 10 heteroatoms. The molecule has 1 saturated heterocycles. The molecule has 0 unspecified atom stereocenters. The van der Waals surface area contributed by atoms with E-state index in [2.05, 4.69) is 21.9 Å². The molecule has 7 nitrogen and oxygen atoms in total. The van der Waals surface area contributed by atoms with Gasteiger partial charge in [0.2, 0.25) is 6.79 Å². The van der Waals surface area contributed by atoms with Gasteiger partial charge < -0.3 is 18.9 Å². The first-order valence-electron chi connectivity index (χ1n) is 9.18. The molecule has 2 amide bonds. The Morgan fingerprint density at radius 1 is 1.28 bits per heavy atom. The number of carbonyl (C=O) groups is 2. The van der Waals surface area contributed by atoms with Crippen LogP contribution in [0.15, 0.2) is 33.6 Å². The maximum absolute atomic E-state index is 12.9. The number of hydrogen-bond acceptors (Lipinski definition) is 7. The molecule has 4 rings (SSSR count). The predicted molar refractivity (Wildman–Crippen MR) is 124 cm³/mol. The zero-order valence-corrected chi connectivity index (χ0v) is 19.8. The SMILES string of the molecule is C#CCOc1c(Br)cc(C=C2SC(=O)N(Cc3cc4c(cc3Cl)OCO4)C2=O)cc1OC. The van der Waals surface area contributed by atoms with Crippen molar-refractivity contribution < 1.29 is 28.5 Å². The van der Waals surface area contributed by atoms with Crippen molar-refractivity contribution in [2.75, 3.05) is 20.5 Å². The number of amides is 2. The van der Waals surface area contributed by atoms with Gasteiger partial charge in [-0.25, -0.2) is 0 Å². The number of hydrogen-bond donors (Lipinski definition) is 0. The first-order chi connectivity index (χ1) is 15.4. The molecule has 0 aromatic heterocycles. The van der Waals surface area contributed by atoms with Gasteiger partial charge in [0.05, 0.1) is 23.0 Å². The third kappa shape index (κ3) is 4.39. The molecule has 2 heterocycles. The number of carbonyl (C=O) groups excluding carboxylic acids is 2. The van der Waals surface area contributed by atoms with Crippen LogP contribution in [0.5, 0.6) is 23.0 Å². The summed E-state index contributed by atoms with van der Waals surface area (Å²) in [6, 6.07) is 6.73. The lowest BCUT2D eigenvalue weighted by Crippen LogP contribution is -2.27. The van der Waals surface area contributed by atoms with Gasteiger partial charge in [0.1, 0.15) is 6.61 Å². The Balaban J connectivity index is 1.58. The molecule has 0 radical (unpaired) electrons. The Morgan fingerprint density at radius 3 is 2.75 bits per heavy atom. The molecule has 2 aromatic rings. The molecule has 2 aromatic carbocycles. The molecule has 32 heavy (non-hydrogen) atoms. The number of ether oxygens (including phenoxy) is 4. The van der Waals surface area contributed by atoms with E-state index in [9.17, 15) is 9.59 Å². The molecule has 0 N–H and O–H groups in total. The topological polar surface area (TPSA) is 74.3 Å². The number of rotatable bonds is 6. The number of benzene rings is 2. The quantitative estimate of drug-likeness (QED) is 0.376. The van der Waals surface area contributed by atoms with Gasteiger partial charge in [-0.2, -0.15) is 0 Å². The molecule has 164 valence electrons. The Kier molecular flexibility index (Phi) is 6.55. The Morgan fingerprint density at radius 2 is 2.03 bits per heavy atom. The molecule has 0 aliphatic carbocycles. The van der Waals surface area contributed by atoms with Crippen molar-refractivity contribution in [1.82, 2.24) is 4.90 Å². The fraction of sp³-hybridized carbons (Fsp3) is 0.182.